The first-order valence-corrected chi connectivity index (χ1v) is 9.07. The highest BCUT2D eigenvalue weighted by Gasteiger charge is 2.31. The minimum absolute atomic E-state index is 0.0815. The predicted octanol–water partition coefficient (Wildman–Crippen LogP) is 4.37. The Hall–Kier alpha value is -2.90. The largest absolute Gasteiger partial charge is 0.481 e. The first-order chi connectivity index (χ1) is 13.2. The van der Waals surface area contributed by atoms with Gasteiger partial charge >= 0.3 is 5.97 Å². The van der Waals surface area contributed by atoms with Gasteiger partial charge in [0.05, 0.1) is 18.1 Å². The molecule has 3 aromatic heterocycles. The van der Waals surface area contributed by atoms with Crippen LogP contribution in [0.1, 0.15) is 39.3 Å². The monoisotopic (exact) mass is 388 g/mol. The Bertz CT molecular complexity index is 1020. The summed E-state index contributed by atoms with van der Waals surface area (Å²) >= 11 is 0. The summed E-state index contributed by atoms with van der Waals surface area (Å²) in [5, 5.41) is 9.76. The van der Waals surface area contributed by atoms with E-state index in [1.807, 2.05) is 20.8 Å². The molecule has 0 aliphatic rings. The number of carbonyl (C=O) groups is 1. The van der Waals surface area contributed by atoms with E-state index in [1.54, 1.807) is 6.20 Å². The number of H-pyrrole nitrogens is 1. The molecule has 28 heavy (non-hydrogen) atoms. The molecular formula is C20H22F2N4O2. The predicted molar refractivity (Wildman–Crippen MR) is 101 cm³/mol. The molecule has 0 bridgehead atoms. The number of carboxylic acids is 1. The third kappa shape index (κ3) is 4.00. The van der Waals surface area contributed by atoms with Gasteiger partial charge in [0.1, 0.15) is 11.5 Å². The Kier molecular flexibility index (Phi) is 5.40. The van der Waals surface area contributed by atoms with Crippen molar-refractivity contribution in [1.29, 1.82) is 0 Å². The van der Waals surface area contributed by atoms with Gasteiger partial charge in [0.25, 0.3) is 0 Å². The molecular weight excluding hydrogens is 366 g/mol. The Morgan fingerprint density at radius 3 is 2.71 bits per heavy atom. The number of nitrogens with one attached hydrogen (secondary N) is 1. The SMILES string of the molecule is CCC(C)(C)[C@@H](CC(=O)O)Cc1nc(-c2c[nH]c3ncc(F)cc23)ncc1F. The van der Waals surface area contributed by atoms with Crippen LogP contribution in [0.25, 0.3) is 22.4 Å². The Morgan fingerprint density at radius 2 is 2.04 bits per heavy atom. The first kappa shape index (κ1) is 19.9. The molecule has 0 spiro atoms. The molecule has 148 valence electrons. The number of rotatable bonds is 7. The molecule has 1 atom stereocenters. The van der Waals surface area contributed by atoms with Gasteiger partial charge in [0.2, 0.25) is 0 Å². The number of hydrogen-bond donors (Lipinski definition) is 2. The van der Waals surface area contributed by atoms with Crippen molar-refractivity contribution in [2.45, 2.75) is 40.0 Å². The second kappa shape index (κ2) is 7.61. The van der Waals surface area contributed by atoms with Crippen LogP contribution in [-0.4, -0.2) is 31.0 Å². The van der Waals surface area contributed by atoms with E-state index in [1.165, 1.54) is 6.07 Å². The van der Waals surface area contributed by atoms with Crippen molar-refractivity contribution in [3.8, 4) is 11.4 Å². The van der Waals surface area contributed by atoms with Crippen LogP contribution in [0.2, 0.25) is 0 Å². The third-order valence-electron chi connectivity index (χ3n) is 5.43. The van der Waals surface area contributed by atoms with E-state index in [0.29, 0.717) is 16.6 Å². The van der Waals surface area contributed by atoms with Gasteiger partial charge in [-0.15, -0.1) is 0 Å². The van der Waals surface area contributed by atoms with Gasteiger partial charge in [0.15, 0.2) is 11.6 Å². The zero-order valence-corrected chi connectivity index (χ0v) is 16.0. The molecule has 8 heteroatoms. The Morgan fingerprint density at radius 1 is 1.29 bits per heavy atom. The van der Waals surface area contributed by atoms with Crippen molar-refractivity contribution >= 4 is 17.0 Å². The number of hydrogen-bond acceptors (Lipinski definition) is 4. The van der Waals surface area contributed by atoms with Crippen LogP contribution in [0.15, 0.2) is 24.7 Å². The molecule has 2 N–H and O–H groups in total. The maximum Gasteiger partial charge on any atom is 0.303 e. The van der Waals surface area contributed by atoms with Crippen LogP contribution in [0, 0.1) is 23.0 Å². The summed E-state index contributed by atoms with van der Waals surface area (Å²) in [6, 6.07) is 1.31. The smallest absolute Gasteiger partial charge is 0.303 e. The number of aromatic nitrogens is 4. The second-order valence-corrected chi connectivity index (χ2v) is 7.58. The molecule has 0 saturated carbocycles. The average molecular weight is 388 g/mol. The molecule has 0 saturated heterocycles. The number of halogens is 2. The van der Waals surface area contributed by atoms with E-state index in [4.69, 9.17) is 0 Å². The lowest BCUT2D eigenvalue weighted by Crippen LogP contribution is -2.28. The van der Waals surface area contributed by atoms with E-state index in [-0.39, 0.29) is 35.7 Å². The standard InChI is InChI=1S/C20H22F2N4O2/c1-4-20(2,3)11(6-17(27)28)5-16-15(22)10-25-19(26-16)14-9-24-18-13(14)7-12(21)8-23-18/h7-11H,4-6H2,1-3H3,(H,23,24)(H,27,28)/t11-/m1/s1. The van der Waals surface area contributed by atoms with Gasteiger partial charge < -0.3 is 10.1 Å². The lowest BCUT2D eigenvalue weighted by molar-refractivity contribution is -0.139. The van der Waals surface area contributed by atoms with Crippen LogP contribution in [0.3, 0.4) is 0 Å². The molecule has 3 rings (SSSR count). The molecule has 0 fully saturated rings. The van der Waals surface area contributed by atoms with Crippen molar-refractivity contribution in [1.82, 2.24) is 19.9 Å². The minimum Gasteiger partial charge on any atom is -0.481 e. The second-order valence-electron chi connectivity index (χ2n) is 7.58. The fourth-order valence-corrected chi connectivity index (χ4v) is 3.20. The number of aliphatic carboxylic acids is 1. The van der Waals surface area contributed by atoms with Crippen molar-refractivity contribution in [3.05, 3.63) is 42.0 Å². The molecule has 6 nitrogen and oxygen atoms in total. The molecule has 3 aromatic rings. The number of carboxylic acid groups (broad SMARTS) is 1. The Balaban J connectivity index is 2.01. The van der Waals surface area contributed by atoms with Crippen molar-refractivity contribution in [3.63, 3.8) is 0 Å². The highest BCUT2D eigenvalue weighted by atomic mass is 19.1. The highest BCUT2D eigenvalue weighted by molar-refractivity contribution is 5.91. The molecule has 0 aliphatic carbocycles. The van der Waals surface area contributed by atoms with Crippen LogP contribution in [0.4, 0.5) is 8.78 Å². The van der Waals surface area contributed by atoms with Gasteiger partial charge in [-0.05, 0) is 23.8 Å². The topological polar surface area (TPSA) is 91.8 Å². The van der Waals surface area contributed by atoms with Crippen LogP contribution < -0.4 is 0 Å². The molecule has 0 unspecified atom stereocenters. The maximum atomic E-state index is 14.4. The summed E-state index contributed by atoms with van der Waals surface area (Å²) in [6.07, 6.45) is 4.60. The third-order valence-corrected chi connectivity index (χ3v) is 5.43. The lowest BCUT2D eigenvalue weighted by atomic mass is 9.73. The number of fused-ring (bicyclic) bond motifs is 1. The van der Waals surface area contributed by atoms with Gasteiger partial charge in [0, 0.05) is 23.6 Å². The molecule has 0 aromatic carbocycles. The molecule has 0 amide bonds. The van der Waals surface area contributed by atoms with Crippen LogP contribution in [-0.2, 0) is 11.2 Å². The van der Waals surface area contributed by atoms with Gasteiger partial charge in [-0.3, -0.25) is 4.79 Å². The molecule has 0 radical (unpaired) electrons. The number of nitrogens with zero attached hydrogens (tertiary/aromatic N) is 3. The van der Waals surface area contributed by atoms with E-state index in [0.717, 1.165) is 18.8 Å². The zero-order chi connectivity index (χ0) is 20.5. The number of pyridine rings is 1. The normalized spacial score (nSPS) is 13.0. The molecule has 0 aliphatic heterocycles. The van der Waals surface area contributed by atoms with E-state index >= 15 is 0 Å². The fourth-order valence-electron chi connectivity index (χ4n) is 3.20. The summed E-state index contributed by atoms with van der Waals surface area (Å²) in [7, 11) is 0. The molecule has 3 heterocycles. The van der Waals surface area contributed by atoms with Crippen LogP contribution in [0.5, 0.6) is 0 Å². The fraction of sp³-hybridized carbons (Fsp3) is 0.400. The van der Waals surface area contributed by atoms with Gasteiger partial charge in [-0.25, -0.2) is 23.7 Å². The summed E-state index contributed by atoms with van der Waals surface area (Å²) < 4.78 is 28.0. The number of aromatic amines is 1. The van der Waals surface area contributed by atoms with Gasteiger partial charge in [-0.1, -0.05) is 27.2 Å². The minimum atomic E-state index is -0.931. The van der Waals surface area contributed by atoms with E-state index in [2.05, 4.69) is 19.9 Å². The van der Waals surface area contributed by atoms with Gasteiger partial charge in [-0.2, -0.15) is 0 Å². The Labute approximate surface area is 161 Å². The lowest BCUT2D eigenvalue weighted by Gasteiger charge is -2.32. The summed E-state index contributed by atoms with van der Waals surface area (Å²) in [5.74, 6) is -2.08. The highest BCUT2D eigenvalue weighted by Crippen LogP contribution is 2.36. The summed E-state index contributed by atoms with van der Waals surface area (Å²) in [6.45, 7) is 5.91. The summed E-state index contributed by atoms with van der Waals surface area (Å²) in [4.78, 5) is 26.6. The van der Waals surface area contributed by atoms with Crippen molar-refractivity contribution in [2.24, 2.45) is 11.3 Å². The summed E-state index contributed by atoms with van der Waals surface area (Å²) in [5.41, 5.74) is 0.829. The average Bonchev–Trinajstić information content (AvgIpc) is 3.05. The van der Waals surface area contributed by atoms with Crippen LogP contribution >= 0.6 is 0 Å². The van der Waals surface area contributed by atoms with Crippen molar-refractivity contribution < 1.29 is 18.7 Å². The van der Waals surface area contributed by atoms with Crippen molar-refractivity contribution in [2.75, 3.05) is 0 Å². The van der Waals surface area contributed by atoms with E-state index in [9.17, 15) is 18.7 Å². The van der Waals surface area contributed by atoms with E-state index < -0.39 is 17.6 Å². The quantitative estimate of drug-likeness (QED) is 0.627. The maximum absolute atomic E-state index is 14.4. The first-order valence-electron chi connectivity index (χ1n) is 9.07. The zero-order valence-electron chi connectivity index (χ0n) is 16.0.